The number of amides is 1. The van der Waals surface area contributed by atoms with Gasteiger partial charge in [-0.25, -0.2) is 4.39 Å². The number of carbonyl (C=O) groups is 1. The highest BCUT2D eigenvalue weighted by atomic mass is 19.1. The first-order valence-electron chi connectivity index (χ1n) is 10.0. The van der Waals surface area contributed by atoms with Crippen molar-refractivity contribution in [1.82, 2.24) is 4.98 Å². The number of halogens is 1. The molecule has 0 saturated carbocycles. The van der Waals surface area contributed by atoms with Gasteiger partial charge >= 0.3 is 0 Å². The lowest BCUT2D eigenvalue weighted by Crippen LogP contribution is -2.19. The zero-order chi connectivity index (χ0) is 20.5. The van der Waals surface area contributed by atoms with E-state index in [1.165, 1.54) is 23.4 Å². The Hall–Kier alpha value is -3.67. The van der Waals surface area contributed by atoms with E-state index in [-0.39, 0.29) is 11.7 Å². The smallest absolute Gasteiger partial charge is 0.257 e. The molecule has 2 aromatic carbocycles. The first kappa shape index (κ1) is 18.4. The fraction of sp³-hybridized carbons (Fsp3) is 0.167. The molecule has 3 aromatic rings. The van der Waals surface area contributed by atoms with Gasteiger partial charge in [0.15, 0.2) is 0 Å². The summed E-state index contributed by atoms with van der Waals surface area (Å²) in [5, 5.41) is 5.91. The Kier molecular flexibility index (Phi) is 4.67. The summed E-state index contributed by atoms with van der Waals surface area (Å²) < 4.78 is 13.6. The normalized spacial score (nSPS) is 19.1. The molecule has 5 nitrogen and oxygen atoms in total. The minimum atomic E-state index is -0.365. The number of pyridine rings is 1. The highest BCUT2D eigenvalue weighted by molar-refractivity contribution is 6.31. The van der Waals surface area contributed by atoms with E-state index in [4.69, 9.17) is 0 Å². The van der Waals surface area contributed by atoms with Gasteiger partial charge in [0.05, 0.1) is 5.57 Å². The van der Waals surface area contributed by atoms with E-state index in [0.717, 1.165) is 25.2 Å². The summed E-state index contributed by atoms with van der Waals surface area (Å²) >= 11 is 0. The number of aromatic nitrogens is 1. The summed E-state index contributed by atoms with van der Waals surface area (Å²) in [6, 6.07) is 16.6. The van der Waals surface area contributed by atoms with Gasteiger partial charge in [-0.05, 0) is 66.6 Å². The summed E-state index contributed by atoms with van der Waals surface area (Å²) in [4.78, 5) is 18.7. The molecule has 5 rings (SSSR count). The highest BCUT2D eigenvalue weighted by Gasteiger charge is 2.25. The number of carbonyl (C=O) groups excluding carboxylic acids is 1. The second-order valence-corrected chi connectivity index (χ2v) is 7.61. The lowest BCUT2D eigenvalue weighted by molar-refractivity contribution is -0.110. The van der Waals surface area contributed by atoms with E-state index < -0.39 is 0 Å². The number of nitrogens with zero attached hydrogens (tertiary/aromatic N) is 2. The van der Waals surface area contributed by atoms with E-state index >= 15 is 0 Å². The molecule has 1 saturated heterocycles. The summed E-state index contributed by atoms with van der Waals surface area (Å²) in [7, 11) is 0. The quantitative estimate of drug-likeness (QED) is 0.628. The number of benzene rings is 2. The molecule has 0 radical (unpaired) electrons. The molecule has 0 spiro atoms. The molecule has 0 bridgehead atoms. The van der Waals surface area contributed by atoms with Crippen molar-refractivity contribution < 1.29 is 9.18 Å². The molecule has 0 aliphatic carbocycles. The Morgan fingerprint density at radius 2 is 1.90 bits per heavy atom. The van der Waals surface area contributed by atoms with Gasteiger partial charge in [-0.3, -0.25) is 9.78 Å². The van der Waals surface area contributed by atoms with Crippen LogP contribution >= 0.6 is 0 Å². The van der Waals surface area contributed by atoms with E-state index in [9.17, 15) is 9.18 Å². The Labute approximate surface area is 174 Å². The van der Waals surface area contributed by atoms with Crippen molar-refractivity contribution in [2.75, 3.05) is 28.6 Å². The lowest BCUT2D eigenvalue weighted by Gasteiger charge is -2.19. The number of fused-ring (bicyclic) bond motifs is 1. The number of hydrogen-bond donors (Lipinski definition) is 2. The second-order valence-electron chi connectivity index (χ2n) is 7.61. The van der Waals surface area contributed by atoms with Crippen molar-refractivity contribution in [3.8, 4) is 0 Å². The average Bonchev–Trinajstić information content (AvgIpc) is 3.38. The van der Waals surface area contributed by atoms with Crippen LogP contribution in [0.1, 0.15) is 23.5 Å². The maximum atomic E-state index is 13.6. The van der Waals surface area contributed by atoms with Crippen LogP contribution < -0.4 is 15.5 Å². The number of rotatable bonds is 4. The molecule has 6 heteroatoms. The predicted molar refractivity (Wildman–Crippen MR) is 117 cm³/mol. The Bertz CT molecular complexity index is 1110. The molecule has 1 atom stereocenters. The molecule has 3 heterocycles. The predicted octanol–water partition coefficient (Wildman–Crippen LogP) is 4.62. The average molecular weight is 400 g/mol. The van der Waals surface area contributed by atoms with Crippen molar-refractivity contribution in [1.29, 1.82) is 0 Å². The van der Waals surface area contributed by atoms with E-state index in [0.29, 0.717) is 22.7 Å². The zero-order valence-electron chi connectivity index (χ0n) is 16.3. The fourth-order valence-corrected chi connectivity index (χ4v) is 4.13. The van der Waals surface area contributed by atoms with Crippen LogP contribution in [0.25, 0.3) is 5.57 Å². The Morgan fingerprint density at radius 1 is 1.10 bits per heavy atom. The standard InChI is InChI=1S/C24H21FN4O/c25-18-1-6-23-21(13-18)22(24(30)28-23)14-27-19-2-4-20(5-3-19)29-12-9-17(15-29)16-7-10-26-11-8-16/h1-8,10-11,13-14,17,27H,9,12,15H2,(H,28,30)/b22-14-. The summed E-state index contributed by atoms with van der Waals surface area (Å²) in [6.45, 7) is 2.01. The third-order valence-corrected chi connectivity index (χ3v) is 5.75. The molecule has 30 heavy (non-hydrogen) atoms. The van der Waals surface area contributed by atoms with Crippen molar-refractivity contribution in [2.45, 2.75) is 12.3 Å². The van der Waals surface area contributed by atoms with Crippen molar-refractivity contribution in [2.24, 2.45) is 0 Å². The van der Waals surface area contributed by atoms with Crippen LogP contribution in [0.4, 0.5) is 21.5 Å². The number of anilines is 3. The van der Waals surface area contributed by atoms with E-state index in [1.807, 2.05) is 24.5 Å². The van der Waals surface area contributed by atoms with Crippen LogP contribution in [0.2, 0.25) is 0 Å². The molecule has 2 aliphatic rings. The zero-order valence-corrected chi connectivity index (χ0v) is 16.3. The van der Waals surface area contributed by atoms with Crippen LogP contribution in [0.15, 0.2) is 73.2 Å². The maximum absolute atomic E-state index is 13.6. The van der Waals surface area contributed by atoms with Crippen LogP contribution in [-0.4, -0.2) is 24.0 Å². The molecule has 1 aromatic heterocycles. The monoisotopic (exact) mass is 400 g/mol. The number of nitrogens with one attached hydrogen (secondary N) is 2. The lowest BCUT2D eigenvalue weighted by atomic mass is 10.00. The molecular formula is C24H21FN4O. The largest absolute Gasteiger partial charge is 0.371 e. The molecular weight excluding hydrogens is 379 g/mol. The topological polar surface area (TPSA) is 57.3 Å². The molecule has 2 aliphatic heterocycles. The van der Waals surface area contributed by atoms with E-state index in [1.54, 1.807) is 12.3 Å². The van der Waals surface area contributed by atoms with Gasteiger partial charge in [-0.1, -0.05) is 0 Å². The summed E-state index contributed by atoms with van der Waals surface area (Å²) in [6.07, 6.45) is 6.46. The van der Waals surface area contributed by atoms with Crippen LogP contribution in [-0.2, 0) is 4.79 Å². The third-order valence-electron chi connectivity index (χ3n) is 5.75. The van der Waals surface area contributed by atoms with Gasteiger partial charge in [0.1, 0.15) is 5.82 Å². The molecule has 150 valence electrons. The van der Waals surface area contributed by atoms with Gasteiger partial charge < -0.3 is 15.5 Å². The van der Waals surface area contributed by atoms with Crippen molar-refractivity contribution in [3.05, 3.63) is 90.1 Å². The van der Waals surface area contributed by atoms with Crippen LogP contribution in [0.5, 0.6) is 0 Å². The SMILES string of the molecule is O=C1Nc2ccc(F)cc2/C1=C/Nc1ccc(N2CCC(c3ccncc3)C2)cc1. The molecule has 2 N–H and O–H groups in total. The van der Waals surface area contributed by atoms with Gasteiger partial charge in [0, 0.05) is 60.2 Å². The maximum Gasteiger partial charge on any atom is 0.257 e. The fourth-order valence-electron chi connectivity index (χ4n) is 4.13. The van der Waals surface area contributed by atoms with Crippen molar-refractivity contribution >= 4 is 28.5 Å². The minimum absolute atomic E-state index is 0.237. The van der Waals surface area contributed by atoms with Gasteiger partial charge in [-0.2, -0.15) is 0 Å². The summed E-state index contributed by atoms with van der Waals surface area (Å²) in [5.74, 6) is -0.0768. The molecule has 1 fully saturated rings. The van der Waals surface area contributed by atoms with E-state index in [2.05, 4.69) is 44.8 Å². The number of hydrogen-bond acceptors (Lipinski definition) is 4. The first-order chi connectivity index (χ1) is 14.7. The van der Waals surface area contributed by atoms with Crippen LogP contribution in [0, 0.1) is 5.82 Å². The van der Waals surface area contributed by atoms with Gasteiger partial charge in [-0.15, -0.1) is 0 Å². The highest BCUT2D eigenvalue weighted by Crippen LogP contribution is 2.33. The first-order valence-corrected chi connectivity index (χ1v) is 10.0. The summed E-state index contributed by atoms with van der Waals surface area (Å²) in [5.41, 5.74) is 5.01. The van der Waals surface area contributed by atoms with Gasteiger partial charge in [0.2, 0.25) is 0 Å². The van der Waals surface area contributed by atoms with Crippen molar-refractivity contribution in [3.63, 3.8) is 0 Å². The molecule has 1 amide bonds. The Balaban J connectivity index is 1.27. The third kappa shape index (κ3) is 3.52. The minimum Gasteiger partial charge on any atom is -0.371 e. The second kappa shape index (κ2) is 7.63. The van der Waals surface area contributed by atoms with Gasteiger partial charge in [0.25, 0.3) is 5.91 Å². The molecule has 1 unspecified atom stereocenters. The Morgan fingerprint density at radius 3 is 2.70 bits per heavy atom. The van der Waals surface area contributed by atoms with Crippen LogP contribution in [0.3, 0.4) is 0 Å².